The second kappa shape index (κ2) is 5.47. The molecule has 2 aromatic rings. The van der Waals surface area contributed by atoms with Crippen molar-refractivity contribution >= 4 is 22.6 Å². The first kappa shape index (κ1) is 7.47. The van der Waals surface area contributed by atoms with Crippen molar-refractivity contribution in [2.45, 2.75) is 0 Å². The topological polar surface area (TPSA) is 36.7 Å². The van der Waals surface area contributed by atoms with Crippen molar-refractivity contribution in [3.05, 3.63) is 62.9 Å². The molecule has 0 unspecified atom stereocenters. The van der Waals surface area contributed by atoms with Gasteiger partial charge in [0.1, 0.15) is 5.69 Å². The molecule has 0 aliphatic carbocycles. The summed E-state index contributed by atoms with van der Waals surface area (Å²) < 4.78 is 31.0. The van der Waals surface area contributed by atoms with E-state index in [0.717, 1.165) is 3.57 Å². The van der Waals surface area contributed by atoms with Gasteiger partial charge in [-0.05, 0) is 58.8 Å². The average molecular weight is 334 g/mol. The van der Waals surface area contributed by atoms with Crippen molar-refractivity contribution < 1.29 is 5.48 Å². The van der Waals surface area contributed by atoms with E-state index in [1.165, 1.54) is 0 Å². The van der Waals surface area contributed by atoms with Gasteiger partial charge in [0, 0.05) is 15.3 Å². The van der Waals surface area contributed by atoms with Gasteiger partial charge in [0.05, 0.1) is 17.1 Å². The Morgan fingerprint density at radius 2 is 2.00 bits per heavy atom. The van der Waals surface area contributed by atoms with E-state index >= 15 is 0 Å². The molecule has 0 spiro atoms. The van der Waals surface area contributed by atoms with Crippen LogP contribution >= 0.6 is 22.6 Å². The largest absolute Gasteiger partial charge is 0.248 e. The van der Waals surface area contributed by atoms with Crippen molar-refractivity contribution in [2.24, 2.45) is 0 Å². The minimum Gasteiger partial charge on any atom is -0.248 e. The quantitative estimate of drug-likeness (QED) is 0.549. The fraction of sp³-hybridized carbons (Fsp3) is 0. The summed E-state index contributed by atoms with van der Waals surface area (Å²) in [6, 6.07) is 6.13. The van der Waals surface area contributed by atoms with E-state index in [2.05, 4.69) is 39.4 Å². The van der Waals surface area contributed by atoms with E-state index in [9.17, 15) is 0 Å². The Morgan fingerprint density at radius 1 is 1.18 bits per heavy atom. The van der Waals surface area contributed by atoms with Gasteiger partial charge in [0.15, 0.2) is 0 Å². The molecule has 2 nitrogen and oxygen atoms in total. The third kappa shape index (κ3) is 3.30. The number of hydrogen-bond acceptors (Lipinski definition) is 2. The molecule has 80 valence electrons. The molecule has 1 aromatic carbocycles. The van der Waals surface area contributed by atoms with E-state index in [0.29, 0.717) is 11.1 Å². The van der Waals surface area contributed by atoms with Gasteiger partial charge >= 0.3 is 0 Å². The number of nitrogens with zero attached hydrogens (tertiary/aromatic N) is 2. The average Bonchev–Trinajstić information content (AvgIpc) is 2.46. The summed E-state index contributed by atoms with van der Waals surface area (Å²) >= 11 is 2.07. The van der Waals surface area contributed by atoms with Gasteiger partial charge in [0.25, 0.3) is 0 Å². The highest BCUT2D eigenvalue weighted by Gasteiger charge is 1.96. The first-order valence-electron chi connectivity index (χ1n) is 6.59. The molecule has 0 fully saturated rings. The number of nitriles is 1. The summed E-state index contributed by atoms with van der Waals surface area (Å²) in [4.78, 5) is 3.74. The van der Waals surface area contributed by atoms with Crippen LogP contribution in [0.1, 0.15) is 22.3 Å². The predicted molar refractivity (Wildman–Crippen MR) is 74.1 cm³/mol. The lowest BCUT2D eigenvalue weighted by atomic mass is 10.1. The normalized spacial score (nSPS) is 12.2. The summed E-state index contributed by atoms with van der Waals surface area (Å²) in [6.07, 6.45) is -0.374. The Kier molecular flexibility index (Phi) is 2.40. The highest BCUT2D eigenvalue weighted by Crippen LogP contribution is 2.11. The van der Waals surface area contributed by atoms with Crippen LogP contribution in [0.5, 0.6) is 0 Å². The molecule has 0 N–H and O–H groups in total. The molecule has 0 saturated heterocycles. The second-order valence-electron chi connectivity index (χ2n) is 3.04. The smallest absolute Gasteiger partial charge is 0.113 e. The van der Waals surface area contributed by atoms with E-state index in [1.807, 2.05) is 6.07 Å². The molecule has 2 rings (SSSR count). The van der Waals surface area contributed by atoms with Crippen molar-refractivity contribution in [3.63, 3.8) is 0 Å². The maximum absolute atomic E-state index is 8.90. The number of rotatable bonds is 0. The molecular weight excluding hydrogens is 323 g/mol. The van der Waals surface area contributed by atoms with Gasteiger partial charge in [-0.1, -0.05) is 12.0 Å². The Labute approximate surface area is 119 Å². The molecule has 0 amide bonds. The maximum Gasteiger partial charge on any atom is 0.113 e. The van der Waals surface area contributed by atoms with Crippen LogP contribution in [-0.2, 0) is 0 Å². The number of benzene rings is 1. The Hall–Kier alpha value is -1.85. The maximum atomic E-state index is 8.90. The molecule has 0 atom stereocenters. The van der Waals surface area contributed by atoms with Gasteiger partial charge in [-0.3, -0.25) is 0 Å². The molecule has 0 saturated carbocycles. The lowest BCUT2D eigenvalue weighted by Gasteiger charge is -1.94. The van der Waals surface area contributed by atoms with Crippen molar-refractivity contribution in [3.8, 4) is 17.9 Å². The third-order valence-corrected chi connectivity index (χ3v) is 2.44. The summed E-state index contributed by atoms with van der Waals surface area (Å²) in [6.45, 7) is 0. The highest BCUT2D eigenvalue weighted by atomic mass is 127. The zero-order chi connectivity index (χ0) is 15.6. The minimum atomic E-state index is -0.383. The summed E-state index contributed by atoms with van der Waals surface area (Å²) in [5.74, 6) is 5.41. The lowest BCUT2D eigenvalue weighted by Crippen LogP contribution is -1.83. The third-order valence-electron chi connectivity index (χ3n) is 1.82. The molecule has 17 heavy (non-hydrogen) atoms. The molecule has 0 aliphatic heterocycles. The van der Waals surface area contributed by atoms with Gasteiger partial charge in [-0.25, -0.2) is 4.98 Å². The SMILES string of the molecule is [2H]c1nc(C#Cc2cc(I)cc(C#N)c2)c([2H])c([2H])c1[2H]. The van der Waals surface area contributed by atoms with Gasteiger partial charge in [-0.2, -0.15) is 5.26 Å². The molecular formula is C14H7IN2. The van der Waals surface area contributed by atoms with Gasteiger partial charge in [0.2, 0.25) is 0 Å². The Morgan fingerprint density at radius 3 is 2.82 bits per heavy atom. The van der Waals surface area contributed by atoms with Crippen molar-refractivity contribution in [1.29, 1.82) is 5.26 Å². The molecule has 0 radical (unpaired) electrons. The molecule has 3 heteroatoms. The van der Waals surface area contributed by atoms with Crippen LogP contribution in [0, 0.1) is 26.7 Å². The van der Waals surface area contributed by atoms with Crippen LogP contribution in [-0.4, -0.2) is 4.98 Å². The molecule has 1 aromatic heterocycles. The molecule has 1 heterocycles. The van der Waals surface area contributed by atoms with Crippen LogP contribution in [0.4, 0.5) is 0 Å². The van der Waals surface area contributed by atoms with E-state index in [1.54, 1.807) is 18.2 Å². The van der Waals surface area contributed by atoms with Crippen molar-refractivity contribution in [2.75, 3.05) is 0 Å². The standard InChI is InChI=1S/C14H7IN2/c15-13-8-11(7-12(9-13)10-16)4-5-14-3-1-2-6-17-14/h1-3,6-9H/i1D,2D,3D,6D. The molecule has 0 bridgehead atoms. The molecule has 0 aliphatic rings. The summed E-state index contributed by atoms with van der Waals surface area (Å²) in [7, 11) is 0. The van der Waals surface area contributed by atoms with Crippen LogP contribution in [0.3, 0.4) is 0 Å². The predicted octanol–water partition coefficient (Wildman–Crippen LogP) is 2.96. The number of pyridine rings is 1. The Bertz CT molecular complexity index is 832. The highest BCUT2D eigenvalue weighted by molar-refractivity contribution is 14.1. The number of aromatic nitrogens is 1. The summed E-state index contributed by atoms with van der Waals surface area (Å²) in [5.41, 5.74) is 1.06. The summed E-state index contributed by atoms with van der Waals surface area (Å²) in [5, 5.41) is 8.90. The second-order valence-corrected chi connectivity index (χ2v) is 4.28. The van der Waals surface area contributed by atoms with Gasteiger partial charge < -0.3 is 0 Å². The first-order chi connectivity index (χ1) is 9.92. The van der Waals surface area contributed by atoms with Crippen LogP contribution < -0.4 is 0 Å². The van der Waals surface area contributed by atoms with E-state index < -0.39 is 0 Å². The fourth-order valence-electron chi connectivity index (χ4n) is 1.15. The zero-order valence-electron chi connectivity index (χ0n) is 12.5. The van der Waals surface area contributed by atoms with Crippen LogP contribution in [0.2, 0.25) is 0 Å². The van der Waals surface area contributed by atoms with E-state index in [-0.39, 0.29) is 30.0 Å². The fourth-order valence-corrected chi connectivity index (χ4v) is 1.82. The van der Waals surface area contributed by atoms with Crippen LogP contribution in [0.25, 0.3) is 0 Å². The zero-order valence-corrected chi connectivity index (χ0v) is 10.7. The minimum absolute atomic E-state index is 0.0154. The Balaban J connectivity index is 2.50. The number of halogens is 1. The van der Waals surface area contributed by atoms with Crippen molar-refractivity contribution in [1.82, 2.24) is 4.98 Å². The van der Waals surface area contributed by atoms with E-state index in [4.69, 9.17) is 10.7 Å². The number of hydrogen-bond donors (Lipinski definition) is 0. The lowest BCUT2D eigenvalue weighted by molar-refractivity contribution is 1.29. The first-order valence-corrected chi connectivity index (χ1v) is 5.67. The van der Waals surface area contributed by atoms with Crippen LogP contribution in [0.15, 0.2) is 42.5 Å². The van der Waals surface area contributed by atoms with Gasteiger partial charge in [-0.15, -0.1) is 0 Å². The monoisotopic (exact) mass is 334 g/mol.